The minimum atomic E-state index is -5.55. The maximum atomic E-state index is 11.8. The smallest absolute Gasteiger partial charge is 0.369 e. The molecule has 0 atom stereocenters. The van der Waals surface area contributed by atoms with Crippen LogP contribution < -0.4 is 0 Å². The lowest BCUT2D eigenvalue weighted by atomic mass is 10.7. The van der Waals surface area contributed by atoms with E-state index in [0.717, 1.165) is 17.8 Å². The molecule has 1 aliphatic heterocycles. The zero-order chi connectivity index (χ0) is 10.8. The number of halogens is 3. The summed E-state index contributed by atoms with van der Waals surface area (Å²) in [7, 11) is -5.55. The molecule has 1 aliphatic rings. The van der Waals surface area contributed by atoms with Crippen molar-refractivity contribution in [2.45, 2.75) is 5.51 Å². The lowest BCUT2D eigenvalue weighted by molar-refractivity contribution is -0.0517. The van der Waals surface area contributed by atoms with E-state index in [1.165, 1.54) is 6.21 Å². The maximum absolute atomic E-state index is 11.8. The fourth-order valence-electron chi connectivity index (χ4n) is 0.513. The molecule has 14 heavy (non-hydrogen) atoms. The van der Waals surface area contributed by atoms with Gasteiger partial charge in [0.15, 0.2) is 5.09 Å². The average Bonchev–Trinajstić information content (AvgIpc) is 2.03. The molecule has 0 saturated heterocycles. The molecule has 0 N–H and O–H groups in total. The van der Waals surface area contributed by atoms with Crippen molar-refractivity contribution >= 4 is 28.1 Å². The first-order chi connectivity index (χ1) is 6.33. The molecule has 0 fully saturated rings. The number of rotatable bonds is 2. The van der Waals surface area contributed by atoms with Gasteiger partial charge in [0.2, 0.25) is 0 Å². The van der Waals surface area contributed by atoms with Crippen LogP contribution in [0.15, 0.2) is 16.2 Å². The largest absolute Gasteiger partial charge is 0.534 e. The summed E-state index contributed by atoms with van der Waals surface area (Å²) in [5, 5.41) is -0.336. The Kier molecular flexibility index (Phi) is 3.10. The molecule has 1 rings (SSSR count). The van der Waals surface area contributed by atoms with Crippen molar-refractivity contribution in [3.05, 3.63) is 11.2 Å². The maximum Gasteiger partial charge on any atom is 0.534 e. The van der Waals surface area contributed by atoms with Crippen molar-refractivity contribution in [2.75, 3.05) is 5.88 Å². The lowest BCUT2D eigenvalue weighted by Crippen LogP contribution is -2.25. The van der Waals surface area contributed by atoms with Crippen molar-refractivity contribution in [3.63, 3.8) is 0 Å². The van der Waals surface area contributed by atoms with Crippen LogP contribution in [0, 0.1) is 0 Å². The molecule has 0 unspecified atom stereocenters. The number of alkyl halides is 3. The van der Waals surface area contributed by atoms with Crippen molar-refractivity contribution in [3.8, 4) is 0 Å². The van der Waals surface area contributed by atoms with Crippen molar-refractivity contribution < 1.29 is 25.8 Å². The average molecular weight is 247 g/mol. The quantitative estimate of drug-likeness (QED) is 0.547. The first kappa shape index (κ1) is 11.4. The number of thioether (sulfide) groups is 1. The summed E-state index contributed by atoms with van der Waals surface area (Å²) in [5.74, 6) is 0.138. The Morgan fingerprint density at radius 2 is 2.14 bits per heavy atom. The third kappa shape index (κ3) is 2.64. The van der Waals surface area contributed by atoms with E-state index in [1.807, 2.05) is 0 Å². The highest BCUT2D eigenvalue weighted by Gasteiger charge is 2.48. The lowest BCUT2D eigenvalue weighted by Gasteiger charge is -2.11. The van der Waals surface area contributed by atoms with Gasteiger partial charge in [0.05, 0.1) is 5.88 Å². The minimum absolute atomic E-state index is 0.138. The van der Waals surface area contributed by atoms with Gasteiger partial charge < -0.3 is 4.18 Å². The third-order valence-electron chi connectivity index (χ3n) is 1.07. The van der Waals surface area contributed by atoms with Crippen LogP contribution in [-0.4, -0.2) is 26.0 Å². The zero-order valence-corrected chi connectivity index (χ0v) is 8.12. The highest BCUT2D eigenvalue weighted by Crippen LogP contribution is 2.30. The number of nitrogens with zero attached hydrogens (tertiary/aromatic N) is 1. The van der Waals surface area contributed by atoms with Crippen LogP contribution in [0.25, 0.3) is 0 Å². The van der Waals surface area contributed by atoms with E-state index in [9.17, 15) is 21.6 Å². The topological polar surface area (TPSA) is 55.7 Å². The Hall–Kier alpha value is -0.700. The first-order valence-corrected chi connectivity index (χ1v) is 5.56. The van der Waals surface area contributed by atoms with Crippen LogP contribution in [-0.2, 0) is 14.3 Å². The minimum Gasteiger partial charge on any atom is -0.369 e. The monoisotopic (exact) mass is 247 g/mol. The van der Waals surface area contributed by atoms with Crippen LogP contribution in [0.5, 0.6) is 0 Å². The molecule has 4 nitrogen and oxygen atoms in total. The van der Waals surface area contributed by atoms with Crippen LogP contribution in [0.3, 0.4) is 0 Å². The SMILES string of the molecule is O=S(=O)(OC1=CC=NCS1)C(F)(F)F. The highest BCUT2D eigenvalue weighted by molar-refractivity contribution is 8.03. The molecule has 9 heteroatoms. The fraction of sp³-hybridized carbons (Fsp3) is 0.400. The van der Waals surface area contributed by atoms with Crippen molar-refractivity contribution in [2.24, 2.45) is 4.99 Å². The molecule has 0 aromatic carbocycles. The Labute approximate surface area is 82.0 Å². The predicted octanol–water partition coefficient (Wildman–Crippen LogP) is 1.47. The van der Waals surface area contributed by atoms with Crippen molar-refractivity contribution in [1.82, 2.24) is 0 Å². The van der Waals surface area contributed by atoms with E-state index in [-0.39, 0.29) is 11.0 Å². The van der Waals surface area contributed by atoms with Gasteiger partial charge >= 0.3 is 15.6 Å². The van der Waals surface area contributed by atoms with E-state index in [0.29, 0.717) is 0 Å². The number of allylic oxidation sites excluding steroid dienone is 1. The fourth-order valence-corrected chi connectivity index (χ4v) is 1.79. The Morgan fingerprint density at radius 3 is 2.57 bits per heavy atom. The summed E-state index contributed by atoms with van der Waals surface area (Å²) in [6.07, 6.45) is 2.23. The molecule has 1 heterocycles. The number of aliphatic imine (C=N–C) groups is 1. The second-order valence-corrected chi connectivity index (χ2v) is 4.56. The highest BCUT2D eigenvalue weighted by atomic mass is 32.2. The van der Waals surface area contributed by atoms with Gasteiger partial charge in [-0.15, -0.1) is 0 Å². The molecule has 0 amide bonds. The van der Waals surface area contributed by atoms with Gasteiger partial charge in [-0.2, -0.15) is 21.6 Å². The summed E-state index contributed by atoms with van der Waals surface area (Å²) in [5.41, 5.74) is -5.40. The number of hydrogen-bond donors (Lipinski definition) is 0. The third-order valence-corrected chi connectivity index (χ3v) is 2.93. The van der Waals surface area contributed by atoms with Gasteiger partial charge in [-0.1, -0.05) is 11.8 Å². The summed E-state index contributed by atoms with van der Waals surface area (Å²) < 4.78 is 60.2. The number of hydrogen-bond acceptors (Lipinski definition) is 5. The van der Waals surface area contributed by atoms with Gasteiger partial charge in [0, 0.05) is 12.3 Å². The van der Waals surface area contributed by atoms with Gasteiger partial charge in [0.25, 0.3) is 0 Å². The van der Waals surface area contributed by atoms with Crippen LogP contribution in [0.4, 0.5) is 13.2 Å². The Bertz CT molecular complexity index is 370. The standard InChI is InChI=1S/C5H4F3NO3S2/c6-5(7,8)14(10,11)12-4-1-2-9-3-13-4/h1-2H,3H2. The summed E-state index contributed by atoms with van der Waals surface area (Å²) in [4.78, 5) is 3.63. The molecule has 0 aromatic heterocycles. The normalized spacial score (nSPS) is 17.8. The zero-order valence-electron chi connectivity index (χ0n) is 6.48. The summed E-state index contributed by atoms with van der Waals surface area (Å²) in [6, 6.07) is 0. The molecular formula is C5H4F3NO3S2. The van der Waals surface area contributed by atoms with E-state index < -0.39 is 15.6 Å². The van der Waals surface area contributed by atoms with Gasteiger partial charge in [0.1, 0.15) is 0 Å². The van der Waals surface area contributed by atoms with Gasteiger partial charge in [-0.25, -0.2) is 0 Å². The van der Waals surface area contributed by atoms with Crippen LogP contribution >= 0.6 is 11.8 Å². The molecule has 0 saturated carbocycles. The molecule has 0 aromatic rings. The summed E-state index contributed by atoms with van der Waals surface area (Å²) >= 11 is 0.768. The van der Waals surface area contributed by atoms with E-state index in [2.05, 4.69) is 9.18 Å². The molecule has 0 spiro atoms. The Balaban J connectivity index is 2.79. The molecular weight excluding hydrogens is 243 g/mol. The van der Waals surface area contributed by atoms with Gasteiger partial charge in [-0.05, 0) is 0 Å². The van der Waals surface area contributed by atoms with E-state index in [1.54, 1.807) is 0 Å². The summed E-state index contributed by atoms with van der Waals surface area (Å²) in [6.45, 7) is 0. The Morgan fingerprint density at radius 1 is 1.50 bits per heavy atom. The van der Waals surface area contributed by atoms with Crippen LogP contribution in [0.2, 0.25) is 0 Å². The van der Waals surface area contributed by atoms with Crippen molar-refractivity contribution in [1.29, 1.82) is 0 Å². The predicted molar refractivity (Wildman–Crippen MR) is 45.1 cm³/mol. The second kappa shape index (κ2) is 3.81. The first-order valence-electron chi connectivity index (χ1n) is 3.16. The molecule has 0 aliphatic carbocycles. The molecule has 0 radical (unpaired) electrons. The van der Waals surface area contributed by atoms with E-state index >= 15 is 0 Å². The second-order valence-electron chi connectivity index (χ2n) is 2.07. The molecule has 0 bridgehead atoms. The van der Waals surface area contributed by atoms with Crippen LogP contribution in [0.1, 0.15) is 0 Å². The van der Waals surface area contributed by atoms with Gasteiger partial charge in [-0.3, -0.25) is 4.99 Å². The van der Waals surface area contributed by atoms with E-state index in [4.69, 9.17) is 0 Å². The molecule has 80 valence electrons.